The van der Waals surface area contributed by atoms with Crippen LogP contribution in [0.5, 0.6) is 6.01 Å². The van der Waals surface area contributed by atoms with Crippen LogP contribution in [0.25, 0.3) is 21.6 Å². The molecule has 1 aliphatic carbocycles. The van der Waals surface area contributed by atoms with E-state index in [9.17, 15) is 27.6 Å². The molecule has 18 heteroatoms. The molecule has 330 valence electrons. The molecular weight excluding hydrogens is 809 g/mol. The van der Waals surface area contributed by atoms with E-state index in [0.29, 0.717) is 25.3 Å². The number of nitrogens with one attached hydrogen (secondary N) is 2. The number of likely N-dealkylation sites (tertiary alicyclic amines) is 1. The molecule has 3 aromatic rings. The van der Waals surface area contributed by atoms with E-state index in [-0.39, 0.29) is 36.8 Å². The highest BCUT2D eigenvalue weighted by Crippen LogP contribution is 2.40. The Morgan fingerprint density at radius 2 is 1.78 bits per heavy atom. The summed E-state index contributed by atoms with van der Waals surface area (Å²) in [4.78, 5) is 63.8. The molecule has 2 aromatic heterocycles. The first-order valence-electron chi connectivity index (χ1n) is 20.7. The molecule has 5 unspecified atom stereocenters. The van der Waals surface area contributed by atoms with E-state index >= 15 is 0 Å². The van der Waals surface area contributed by atoms with Crippen molar-refractivity contribution in [3.63, 3.8) is 0 Å². The van der Waals surface area contributed by atoms with Crippen LogP contribution < -0.4 is 20.5 Å². The minimum atomic E-state index is -3.83. The van der Waals surface area contributed by atoms with Crippen LogP contribution in [-0.2, 0) is 29.3 Å². The van der Waals surface area contributed by atoms with E-state index < -0.39 is 57.8 Å². The van der Waals surface area contributed by atoms with Crippen LogP contribution in [0, 0.1) is 18.8 Å². The average Bonchev–Trinajstić information content (AvgIpc) is 3.42. The Hall–Kier alpha value is -4.55. The number of aryl methyl sites for hydroxylation is 1. The Morgan fingerprint density at radius 1 is 1.07 bits per heavy atom. The molecule has 0 spiro atoms. The van der Waals surface area contributed by atoms with Crippen molar-refractivity contribution in [1.29, 1.82) is 0 Å². The second-order valence-corrected chi connectivity index (χ2v) is 20.4. The van der Waals surface area contributed by atoms with Crippen LogP contribution in [-0.4, -0.2) is 100 Å². The molecule has 2 aliphatic rings. The van der Waals surface area contributed by atoms with Gasteiger partial charge in [0.1, 0.15) is 34.3 Å². The first kappa shape index (κ1) is 46.5. The second-order valence-electron chi connectivity index (χ2n) is 17.7. The Bertz CT molecular complexity index is 2190. The lowest BCUT2D eigenvalue weighted by Gasteiger charge is -2.28. The fraction of sp³-hybridized carbons (Fsp3) is 0.619. The number of allylic oxidation sites excluding steroid dienone is 2. The maximum Gasteiger partial charge on any atom is 0.408 e. The van der Waals surface area contributed by atoms with Crippen molar-refractivity contribution < 1.29 is 37.1 Å². The first-order chi connectivity index (χ1) is 28.1. The molecule has 0 radical (unpaired) electrons. The summed E-state index contributed by atoms with van der Waals surface area (Å²) < 4.78 is 41.1. The van der Waals surface area contributed by atoms with Crippen molar-refractivity contribution in [3.8, 4) is 16.6 Å². The van der Waals surface area contributed by atoms with Gasteiger partial charge in [0.05, 0.1) is 17.8 Å². The SMILES string of the molecule is Cc1cc(-c2nc(C(C)C)cs2)c2nc(OC3CC(C(N)=O)N(C(=O)C(CCCCCC=CC4CC4C(=O)NS(=O)(=O)N(C)C)NC(=O)OC(C)(C)C)C3)n(C(C)C)c2c1. The lowest BCUT2D eigenvalue weighted by molar-refractivity contribution is -0.139. The highest BCUT2D eigenvalue weighted by atomic mass is 32.2. The standard InChI is InChI=1S/C42H62N8O8S2/c1-24(2)32-23-59-38(44-32)30-18-26(5)19-33-35(30)46-40(50(33)25(3)4)57-28-21-34(36(43)51)49(22-28)39(53)31(45-41(54)58-42(6,7)8)17-15-13-11-12-14-16-27-20-29(27)37(52)47-60(55,56)48(9)10/h14,16,18-19,23-25,27-29,31,34H,11-13,15,17,20-22H2,1-10H3,(H2,43,51)(H,45,54)(H,47,52). The van der Waals surface area contributed by atoms with Gasteiger partial charge in [0, 0.05) is 43.4 Å². The zero-order valence-corrected chi connectivity index (χ0v) is 38.1. The van der Waals surface area contributed by atoms with Gasteiger partial charge in [-0.1, -0.05) is 38.8 Å². The molecule has 1 aliphatic heterocycles. The van der Waals surface area contributed by atoms with Crippen LogP contribution in [0.15, 0.2) is 29.7 Å². The third-order valence-corrected chi connectivity index (χ3v) is 12.9. The highest BCUT2D eigenvalue weighted by molar-refractivity contribution is 7.87. The lowest BCUT2D eigenvalue weighted by atomic mass is 10.0. The summed E-state index contributed by atoms with van der Waals surface area (Å²) in [6.07, 6.45) is 6.43. The van der Waals surface area contributed by atoms with E-state index in [0.717, 1.165) is 56.4 Å². The van der Waals surface area contributed by atoms with Gasteiger partial charge in [0.25, 0.3) is 6.01 Å². The van der Waals surface area contributed by atoms with E-state index in [1.54, 1.807) is 32.1 Å². The molecule has 4 N–H and O–H groups in total. The molecule has 60 heavy (non-hydrogen) atoms. The predicted octanol–water partition coefficient (Wildman–Crippen LogP) is 5.96. The van der Waals surface area contributed by atoms with Gasteiger partial charge in [-0.25, -0.2) is 14.5 Å². The van der Waals surface area contributed by atoms with Crippen LogP contribution in [0.1, 0.15) is 117 Å². The van der Waals surface area contributed by atoms with E-state index in [1.807, 2.05) is 37.5 Å². The van der Waals surface area contributed by atoms with Gasteiger partial charge in [-0.3, -0.25) is 19.0 Å². The summed E-state index contributed by atoms with van der Waals surface area (Å²) in [6, 6.07) is 2.54. The van der Waals surface area contributed by atoms with Crippen LogP contribution >= 0.6 is 11.3 Å². The predicted molar refractivity (Wildman–Crippen MR) is 232 cm³/mol. The normalized spacial score (nSPS) is 20.1. The lowest BCUT2D eigenvalue weighted by Crippen LogP contribution is -2.53. The second kappa shape index (κ2) is 19.0. The summed E-state index contributed by atoms with van der Waals surface area (Å²) in [6.45, 7) is 15.6. The molecule has 0 bridgehead atoms. The van der Waals surface area contributed by atoms with Gasteiger partial charge in [-0.15, -0.1) is 11.3 Å². The highest BCUT2D eigenvalue weighted by Gasteiger charge is 2.44. The number of unbranched alkanes of at least 4 members (excludes halogenated alkanes) is 3. The number of carbonyl (C=O) groups excluding carboxylic acids is 4. The number of amides is 4. The number of primary amides is 1. The largest absolute Gasteiger partial charge is 0.459 e. The summed E-state index contributed by atoms with van der Waals surface area (Å²) in [7, 11) is -1.11. The smallest absolute Gasteiger partial charge is 0.408 e. The molecule has 5 rings (SSSR count). The molecule has 16 nitrogen and oxygen atoms in total. The van der Waals surface area contributed by atoms with Crippen molar-refractivity contribution in [1.82, 2.24) is 33.8 Å². The Labute approximate surface area is 357 Å². The number of ether oxygens (including phenoxy) is 2. The van der Waals surface area contributed by atoms with E-state index in [4.69, 9.17) is 25.2 Å². The molecule has 1 saturated carbocycles. The van der Waals surface area contributed by atoms with Gasteiger partial charge in [0.2, 0.25) is 17.7 Å². The summed E-state index contributed by atoms with van der Waals surface area (Å²) in [5.41, 5.74) is 9.72. The number of thiazole rings is 1. The maximum absolute atomic E-state index is 14.3. The Balaban J connectivity index is 1.26. The van der Waals surface area contributed by atoms with Crippen molar-refractivity contribution in [3.05, 3.63) is 40.9 Å². The average molecular weight is 871 g/mol. The fourth-order valence-electron chi connectivity index (χ4n) is 7.27. The van der Waals surface area contributed by atoms with Gasteiger partial charge in [-0.2, -0.15) is 17.7 Å². The molecule has 5 atom stereocenters. The molecule has 1 saturated heterocycles. The Kier molecular flexibility index (Phi) is 14.7. The Morgan fingerprint density at radius 3 is 2.40 bits per heavy atom. The van der Waals surface area contributed by atoms with Gasteiger partial charge >= 0.3 is 16.3 Å². The molecule has 2 fully saturated rings. The number of aromatic nitrogens is 3. The quantitative estimate of drug-likeness (QED) is 0.101. The number of fused-ring (bicyclic) bond motifs is 1. The van der Waals surface area contributed by atoms with E-state index in [2.05, 4.69) is 41.4 Å². The first-order valence-corrected chi connectivity index (χ1v) is 23.0. The summed E-state index contributed by atoms with van der Waals surface area (Å²) in [5, 5.41) is 5.69. The number of nitrogens with two attached hydrogens (primary N) is 1. The maximum atomic E-state index is 14.3. The number of hydrogen-bond acceptors (Lipinski definition) is 11. The summed E-state index contributed by atoms with van der Waals surface area (Å²) >= 11 is 1.58. The summed E-state index contributed by atoms with van der Waals surface area (Å²) in [5.74, 6) is -1.74. The zero-order valence-electron chi connectivity index (χ0n) is 36.5. The van der Waals surface area contributed by atoms with Crippen molar-refractivity contribution in [2.75, 3.05) is 20.6 Å². The molecule has 1 aromatic carbocycles. The number of nitrogens with zero attached hydrogens (tertiary/aromatic N) is 5. The van der Waals surface area contributed by atoms with Gasteiger partial charge in [0.15, 0.2) is 0 Å². The van der Waals surface area contributed by atoms with Crippen LogP contribution in [0.4, 0.5) is 4.79 Å². The van der Waals surface area contributed by atoms with Gasteiger partial charge in [-0.05, 0) is 96.8 Å². The van der Waals surface area contributed by atoms with Crippen molar-refractivity contribution in [2.45, 2.75) is 136 Å². The van der Waals surface area contributed by atoms with Crippen LogP contribution in [0.2, 0.25) is 0 Å². The van der Waals surface area contributed by atoms with Gasteiger partial charge < -0.3 is 25.4 Å². The van der Waals surface area contributed by atoms with Crippen molar-refractivity contribution >= 4 is 56.4 Å². The fourth-order valence-corrected chi connectivity index (χ4v) is 8.85. The number of carbonyl (C=O) groups is 4. The number of benzene rings is 1. The monoisotopic (exact) mass is 870 g/mol. The molecule has 3 heterocycles. The minimum absolute atomic E-state index is 0.0124. The molecular formula is C42H62N8O8S2. The topological polar surface area (TPSA) is 208 Å². The van der Waals surface area contributed by atoms with Crippen molar-refractivity contribution in [2.24, 2.45) is 17.6 Å². The molecule has 4 amide bonds. The zero-order chi connectivity index (χ0) is 44.3. The van der Waals surface area contributed by atoms with Crippen LogP contribution in [0.3, 0.4) is 0 Å². The number of hydrogen-bond donors (Lipinski definition) is 3. The third-order valence-electron chi connectivity index (χ3n) is 10.5. The minimum Gasteiger partial charge on any atom is -0.459 e. The number of alkyl carbamates (subject to hydrolysis) is 1. The number of rotatable bonds is 18. The van der Waals surface area contributed by atoms with E-state index in [1.165, 1.54) is 19.0 Å². The number of imidazole rings is 1. The third kappa shape index (κ3) is 11.6.